The maximum atomic E-state index is 11.5. The fourth-order valence-electron chi connectivity index (χ4n) is 1.29. The molecule has 0 aromatic carbocycles. The van der Waals surface area contributed by atoms with Gasteiger partial charge >= 0.3 is 11.9 Å². The molecule has 0 bridgehead atoms. The van der Waals surface area contributed by atoms with Crippen LogP contribution < -0.4 is 0 Å². The Morgan fingerprint density at radius 2 is 1.27 bits per heavy atom. The molecule has 0 aromatic heterocycles. The summed E-state index contributed by atoms with van der Waals surface area (Å²) in [7, 11) is 0. The molecule has 0 radical (unpaired) electrons. The lowest BCUT2D eigenvalue weighted by molar-refractivity contribution is -0.138. The van der Waals surface area contributed by atoms with Crippen molar-refractivity contribution in [1.29, 1.82) is 0 Å². The normalized spacial score (nSPS) is 11.5. The molecule has 0 aliphatic heterocycles. The molecule has 0 spiro atoms. The average Bonchev–Trinajstić information content (AvgIpc) is 2.52. The topological polar surface area (TPSA) is 52.6 Å². The summed E-state index contributed by atoms with van der Waals surface area (Å²) >= 11 is 9.16. The van der Waals surface area contributed by atoms with Crippen molar-refractivity contribution in [3.05, 3.63) is 35.5 Å². The van der Waals surface area contributed by atoms with E-state index in [1.165, 1.54) is 10.7 Å². The molecule has 0 atom stereocenters. The van der Waals surface area contributed by atoms with Crippen LogP contribution in [0.25, 0.3) is 0 Å². The van der Waals surface area contributed by atoms with Crippen molar-refractivity contribution in [1.82, 2.24) is 0 Å². The zero-order valence-electron chi connectivity index (χ0n) is 12.8. The third kappa shape index (κ3) is 9.31. The van der Waals surface area contributed by atoms with E-state index in [4.69, 9.17) is 9.47 Å². The highest BCUT2D eigenvalue weighted by Gasteiger charge is 2.06. The van der Waals surface area contributed by atoms with Crippen LogP contribution in [0.3, 0.4) is 0 Å². The molecule has 0 unspecified atom stereocenters. The van der Waals surface area contributed by atoms with Crippen LogP contribution >= 0.6 is 24.4 Å². The fourth-order valence-corrected chi connectivity index (χ4v) is 1.43. The SMILES string of the molecule is C=C(CC=C(C)C(=O)OCC=S)CC=C(C)C(=O)OCC=S. The molecule has 0 aliphatic carbocycles. The zero-order chi connectivity index (χ0) is 17.0. The highest BCUT2D eigenvalue weighted by molar-refractivity contribution is 7.79. The molecule has 4 nitrogen and oxygen atoms in total. The molecule has 0 N–H and O–H groups in total. The molecule has 0 heterocycles. The van der Waals surface area contributed by atoms with Gasteiger partial charge in [0.05, 0.1) is 0 Å². The van der Waals surface area contributed by atoms with Gasteiger partial charge in [-0.3, -0.25) is 0 Å². The molecule has 0 fully saturated rings. The van der Waals surface area contributed by atoms with Crippen LogP contribution in [-0.4, -0.2) is 35.9 Å². The van der Waals surface area contributed by atoms with Gasteiger partial charge in [-0.25, -0.2) is 9.59 Å². The van der Waals surface area contributed by atoms with E-state index in [2.05, 4.69) is 31.0 Å². The summed E-state index contributed by atoms with van der Waals surface area (Å²) in [5.74, 6) is -0.797. The van der Waals surface area contributed by atoms with E-state index in [1.54, 1.807) is 26.0 Å². The first kappa shape index (κ1) is 20.3. The molecule has 0 saturated carbocycles. The van der Waals surface area contributed by atoms with Crippen LogP contribution in [-0.2, 0) is 19.1 Å². The molecule has 0 rings (SSSR count). The Kier molecular flexibility index (Phi) is 11.0. The van der Waals surface area contributed by atoms with Gasteiger partial charge in [-0.05, 0) is 26.7 Å². The van der Waals surface area contributed by atoms with Crippen LogP contribution in [0.15, 0.2) is 35.5 Å². The van der Waals surface area contributed by atoms with E-state index in [9.17, 15) is 9.59 Å². The second-order valence-corrected chi connectivity index (χ2v) is 5.13. The van der Waals surface area contributed by atoms with E-state index in [-0.39, 0.29) is 13.2 Å². The summed E-state index contributed by atoms with van der Waals surface area (Å²) in [4.78, 5) is 23.0. The quantitative estimate of drug-likeness (QED) is 0.263. The second kappa shape index (κ2) is 11.9. The van der Waals surface area contributed by atoms with Crippen molar-refractivity contribution in [3.8, 4) is 0 Å². The van der Waals surface area contributed by atoms with Crippen molar-refractivity contribution in [2.75, 3.05) is 13.2 Å². The summed E-state index contributed by atoms with van der Waals surface area (Å²) in [5.41, 5.74) is 1.86. The Hall–Kier alpha value is -1.66. The first-order valence-corrected chi connectivity index (χ1v) is 7.58. The second-order valence-electron chi connectivity index (χ2n) is 4.46. The van der Waals surface area contributed by atoms with Gasteiger partial charge in [0.1, 0.15) is 13.2 Å². The van der Waals surface area contributed by atoms with Crippen molar-refractivity contribution in [2.24, 2.45) is 0 Å². The van der Waals surface area contributed by atoms with Crippen LogP contribution in [0.2, 0.25) is 0 Å². The summed E-state index contributed by atoms with van der Waals surface area (Å²) in [6.45, 7) is 7.48. The Balaban J connectivity index is 4.33. The minimum absolute atomic E-state index is 0.117. The number of esters is 2. The largest absolute Gasteiger partial charge is 0.457 e. The van der Waals surface area contributed by atoms with E-state index in [0.717, 1.165) is 5.57 Å². The molecule has 0 aliphatic rings. The zero-order valence-corrected chi connectivity index (χ0v) is 14.4. The summed E-state index contributed by atoms with van der Waals surface area (Å²) < 4.78 is 9.74. The number of allylic oxidation sites excluding steroid dienone is 3. The van der Waals surface area contributed by atoms with Gasteiger partial charge in [-0.15, -0.1) is 0 Å². The minimum Gasteiger partial charge on any atom is -0.457 e. The first-order chi connectivity index (χ1) is 10.4. The van der Waals surface area contributed by atoms with Gasteiger partial charge in [-0.2, -0.15) is 0 Å². The lowest BCUT2D eigenvalue weighted by Gasteiger charge is -2.04. The smallest absolute Gasteiger partial charge is 0.333 e. The predicted octanol–water partition coefficient (Wildman–Crippen LogP) is 3.30. The van der Waals surface area contributed by atoms with Crippen molar-refractivity contribution < 1.29 is 19.1 Å². The van der Waals surface area contributed by atoms with Gasteiger partial charge < -0.3 is 9.47 Å². The lowest BCUT2D eigenvalue weighted by Crippen LogP contribution is -2.07. The highest BCUT2D eigenvalue weighted by Crippen LogP contribution is 2.11. The van der Waals surface area contributed by atoms with E-state index in [1.807, 2.05) is 0 Å². The Labute approximate surface area is 141 Å². The van der Waals surface area contributed by atoms with Gasteiger partial charge in [-0.1, -0.05) is 48.7 Å². The van der Waals surface area contributed by atoms with Gasteiger partial charge in [0, 0.05) is 21.9 Å². The Morgan fingerprint density at radius 1 is 0.909 bits per heavy atom. The van der Waals surface area contributed by atoms with Crippen molar-refractivity contribution in [2.45, 2.75) is 26.7 Å². The number of hydrogen-bond donors (Lipinski definition) is 0. The molecule has 120 valence electrons. The maximum Gasteiger partial charge on any atom is 0.333 e. The molecule has 0 amide bonds. The van der Waals surface area contributed by atoms with E-state index >= 15 is 0 Å². The summed E-state index contributed by atoms with van der Waals surface area (Å²) in [5, 5.41) is 2.70. The van der Waals surface area contributed by atoms with Crippen LogP contribution in [0.4, 0.5) is 0 Å². The third-order valence-corrected chi connectivity index (χ3v) is 2.87. The number of carbonyl (C=O) groups is 2. The number of ether oxygens (including phenoxy) is 2. The molecule has 0 saturated heterocycles. The predicted molar refractivity (Wildman–Crippen MR) is 95.1 cm³/mol. The standard InChI is InChI=1S/C16H20O4S2/c1-12(4-6-13(2)15(17)19-8-10-21)5-7-14(3)16(18)20-9-11-22/h6-7,10-11H,1,4-5,8-9H2,2-3H3. The summed E-state index contributed by atoms with van der Waals surface area (Å²) in [6, 6.07) is 0. The molecule has 22 heavy (non-hydrogen) atoms. The molecular weight excluding hydrogens is 320 g/mol. The van der Waals surface area contributed by atoms with Gasteiger partial charge in [0.25, 0.3) is 0 Å². The Bertz CT molecular complexity index is 460. The fraction of sp³-hybridized carbons (Fsp3) is 0.375. The monoisotopic (exact) mass is 340 g/mol. The average molecular weight is 340 g/mol. The van der Waals surface area contributed by atoms with Gasteiger partial charge in [0.2, 0.25) is 0 Å². The molecular formula is C16H20O4S2. The summed E-state index contributed by atoms with van der Waals surface area (Å²) in [6.07, 6.45) is 4.53. The third-order valence-electron chi connectivity index (χ3n) is 2.60. The highest BCUT2D eigenvalue weighted by atomic mass is 32.1. The number of thiocarbonyl (C=S) groups is 2. The number of carbonyl (C=O) groups excluding carboxylic acids is 2. The van der Waals surface area contributed by atoms with Gasteiger partial charge in [0.15, 0.2) is 0 Å². The number of rotatable bonds is 10. The molecule has 0 aromatic rings. The first-order valence-electron chi connectivity index (χ1n) is 6.64. The van der Waals surface area contributed by atoms with Crippen molar-refractivity contribution >= 4 is 47.1 Å². The van der Waals surface area contributed by atoms with Crippen LogP contribution in [0.5, 0.6) is 0 Å². The van der Waals surface area contributed by atoms with Crippen LogP contribution in [0, 0.1) is 0 Å². The lowest BCUT2D eigenvalue weighted by atomic mass is 10.1. The molecule has 6 heteroatoms. The van der Waals surface area contributed by atoms with E-state index < -0.39 is 11.9 Å². The number of hydrogen-bond acceptors (Lipinski definition) is 6. The Morgan fingerprint density at radius 3 is 1.59 bits per heavy atom. The minimum atomic E-state index is -0.399. The maximum absolute atomic E-state index is 11.5. The van der Waals surface area contributed by atoms with E-state index in [0.29, 0.717) is 24.0 Å². The van der Waals surface area contributed by atoms with Crippen LogP contribution in [0.1, 0.15) is 26.7 Å². The van der Waals surface area contributed by atoms with Crippen molar-refractivity contribution in [3.63, 3.8) is 0 Å².